The van der Waals surface area contributed by atoms with Gasteiger partial charge in [0, 0.05) is 12.4 Å². The van der Waals surface area contributed by atoms with E-state index in [1.165, 1.54) is 6.20 Å². The Hall–Kier alpha value is -3.80. The quantitative estimate of drug-likeness (QED) is 0.315. The van der Waals surface area contributed by atoms with Crippen molar-refractivity contribution in [3.05, 3.63) is 47.3 Å². The van der Waals surface area contributed by atoms with Crippen LogP contribution < -0.4 is 5.32 Å². The van der Waals surface area contributed by atoms with Crippen LogP contribution in [0.4, 0.5) is 18.9 Å². The van der Waals surface area contributed by atoms with Gasteiger partial charge in [-0.25, -0.2) is 9.78 Å². The molecule has 4 rings (SSSR count). The van der Waals surface area contributed by atoms with Crippen LogP contribution in [0.15, 0.2) is 24.5 Å². The third-order valence-electron chi connectivity index (χ3n) is 7.61. The number of nitrogens with zero attached hydrogens (tertiary/aromatic N) is 3. The van der Waals surface area contributed by atoms with E-state index in [4.69, 9.17) is 24.9 Å². The van der Waals surface area contributed by atoms with Gasteiger partial charge in [0.25, 0.3) is 5.91 Å². The van der Waals surface area contributed by atoms with Gasteiger partial charge in [0.1, 0.15) is 6.07 Å². The fourth-order valence-electron chi connectivity index (χ4n) is 5.36. The van der Waals surface area contributed by atoms with E-state index in [9.17, 15) is 28.2 Å². The summed E-state index contributed by atoms with van der Waals surface area (Å²) in [6.45, 7) is 7.77. The minimum atomic E-state index is -5.08. The molecule has 5 N–H and O–H groups in total. The molecular weight excluding hydrogens is 571 g/mol. The lowest BCUT2D eigenvalue weighted by atomic mass is 9.75. The van der Waals surface area contributed by atoms with E-state index < -0.39 is 29.3 Å². The number of alkyl halides is 3. The van der Waals surface area contributed by atoms with Gasteiger partial charge >= 0.3 is 12.1 Å². The molecule has 1 aliphatic heterocycles. The first-order chi connectivity index (χ1) is 19.9. The molecule has 0 spiro atoms. The molecule has 1 amide bonds. The number of allylic oxidation sites excluding steroid dienone is 2. The number of carbonyl (C=O) groups excluding carboxylic acids is 1. The Bertz CT molecular complexity index is 1400. The number of aliphatic hydroxyl groups excluding tert-OH is 2. The second-order valence-corrected chi connectivity index (χ2v) is 12.1. The maximum absolute atomic E-state index is 13.2. The molecule has 3 heterocycles. The van der Waals surface area contributed by atoms with Crippen molar-refractivity contribution in [2.75, 3.05) is 18.5 Å². The van der Waals surface area contributed by atoms with Gasteiger partial charge in [0.2, 0.25) is 0 Å². The van der Waals surface area contributed by atoms with E-state index in [1.54, 1.807) is 6.20 Å². The Morgan fingerprint density at radius 1 is 1.19 bits per heavy atom. The van der Waals surface area contributed by atoms with Crippen LogP contribution in [-0.4, -0.2) is 72.7 Å². The third kappa shape index (κ3) is 8.40. The summed E-state index contributed by atoms with van der Waals surface area (Å²) in [6.07, 6.45) is 4.03. The molecule has 2 aromatic rings. The van der Waals surface area contributed by atoms with Crippen molar-refractivity contribution in [2.45, 2.75) is 83.1 Å². The maximum atomic E-state index is 13.2. The van der Waals surface area contributed by atoms with Crippen molar-refractivity contribution in [3.8, 4) is 6.07 Å². The first kappa shape index (κ1) is 33.7. The summed E-state index contributed by atoms with van der Waals surface area (Å²) in [4.78, 5) is 33.6. The first-order valence-corrected chi connectivity index (χ1v) is 13.6. The highest BCUT2D eigenvalue weighted by Gasteiger charge is 2.45. The van der Waals surface area contributed by atoms with E-state index in [0.29, 0.717) is 24.2 Å². The lowest BCUT2D eigenvalue weighted by Crippen LogP contribution is -2.51. The predicted molar refractivity (Wildman–Crippen MR) is 149 cm³/mol. The number of hydrogen-bond acceptors (Lipinski definition) is 8. The standard InChI is InChI=1S/C27H35N5O4.C2HF3O2/c1-25(2)8-5-17(6-9-25)21-22(32-24(35)23-30-14-19(13-28)31-23)20(7-10-29-21)18-11-26(3,15-33)36-27(4,12-18)16-34;3-2(4,5)1(6)7/h5,7,10,14,18,33-34H,6,8-9,11-12,15-16H2,1-4H3,(H,30,31)(H,32,35);(H,6,7)/t18?,26-,27+;. The number of nitriles is 1. The monoisotopic (exact) mass is 607 g/mol. The fourth-order valence-corrected chi connectivity index (χ4v) is 5.36. The van der Waals surface area contributed by atoms with Crippen LogP contribution in [0.25, 0.3) is 5.57 Å². The number of aromatic amines is 1. The first-order valence-electron chi connectivity index (χ1n) is 13.6. The zero-order valence-corrected chi connectivity index (χ0v) is 24.4. The van der Waals surface area contributed by atoms with Gasteiger partial charge < -0.3 is 30.4 Å². The number of ether oxygens (including phenoxy) is 1. The number of hydrogen-bond donors (Lipinski definition) is 5. The number of halogens is 3. The third-order valence-corrected chi connectivity index (χ3v) is 7.61. The number of amides is 1. The summed E-state index contributed by atoms with van der Waals surface area (Å²) in [5.41, 5.74) is 1.90. The van der Waals surface area contributed by atoms with Gasteiger partial charge in [-0.2, -0.15) is 18.4 Å². The second kappa shape index (κ2) is 12.8. The molecule has 1 aliphatic carbocycles. The number of carboxylic acids is 1. The van der Waals surface area contributed by atoms with Crippen molar-refractivity contribution in [2.24, 2.45) is 5.41 Å². The van der Waals surface area contributed by atoms with Gasteiger partial charge in [-0.1, -0.05) is 19.9 Å². The average Bonchev–Trinajstić information content (AvgIpc) is 3.42. The van der Waals surface area contributed by atoms with Crippen LogP contribution in [0.2, 0.25) is 0 Å². The largest absolute Gasteiger partial charge is 0.490 e. The van der Waals surface area contributed by atoms with Crippen LogP contribution in [0.5, 0.6) is 0 Å². The van der Waals surface area contributed by atoms with E-state index in [2.05, 4.69) is 35.2 Å². The number of pyridine rings is 1. The molecule has 0 radical (unpaired) electrons. The SMILES string of the molecule is CC1(C)CC=C(c2nccc(C3C[C@](C)(CO)O[C@](C)(CO)C3)c2NC(=O)c2nc(C#N)c[nH]2)CC1.O=C(O)C(F)(F)F. The van der Waals surface area contributed by atoms with E-state index in [-0.39, 0.29) is 36.1 Å². The molecule has 43 heavy (non-hydrogen) atoms. The topological polar surface area (TPSA) is 181 Å². The van der Waals surface area contributed by atoms with Gasteiger partial charge in [-0.3, -0.25) is 9.78 Å². The number of imidazole rings is 1. The number of nitrogens with one attached hydrogen (secondary N) is 2. The lowest BCUT2D eigenvalue weighted by Gasteiger charge is -2.47. The summed E-state index contributed by atoms with van der Waals surface area (Å²) in [5, 5.41) is 39.5. The Labute approximate surface area is 246 Å². The summed E-state index contributed by atoms with van der Waals surface area (Å²) < 4.78 is 37.9. The number of rotatable bonds is 6. The number of carbonyl (C=O) groups is 2. The van der Waals surface area contributed by atoms with E-state index in [1.807, 2.05) is 26.0 Å². The Balaban J connectivity index is 0.000000646. The number of carboxylic acid groups (broad SMARTS) is 1. The number of anilines is 1. The van der Waals surface area contributed by atoms with Crippen LogP contribution >= 0.6 is 0 Å². The Kier molecular flexibility index (Phi) is 10.1. The number of aromatic nitrogens is 3. The lowest BCUT2D eigenvalue weighted by molar-refractivity contribution is -0.208. The molecule has 0 aromatic carbocycles. The molecule has 0 saturated carbocycles. The molecule has 1 unspecified atom stereocenters. The van der Waals surface area contributed by atoms with Crippen LogP contribution in [0.3, 0.4) is 0 Å². The van der Waals surface area contributed by atoms with Gasteiger partial charge in [-0.05, 0) is 74.5 Å². The van der Waals surface area contributed by atoms with E-state index >= 15 is 0 Å². The van der Waals surface area contributed by atoms with Crippen LogP contribution in [0, 0.1) is 16.7 Å². The highest BCUT2D eigenvalue weighted by atomic mass is 19.4. The second-order valence-electron chi connectivity index (χ2n) is 12.1. The van der Waals surface area contributed by atoms with Crippen molar-refractivity contribution in [1.29, 1.82) is 5.26 Å². The highest BCUT2D eigenvalue weighted by Crippen LogP contribution is 2.47. The normalized spacial score (nSPS) is 25.0. The van der Waals surface area contributed by atoms with Crippen molar-refractivity contribution >= 4 is 23.1 Å². The smallest absolute Gasteiger partial charge is 0.475 e. The minimum Gasteiger partial charge on any atom is -0.475 e. The summed E-state index contributed by atoms with van der Waals surface area (Å²) in [7, 11) is 0. The number of aliphatic hydroxyl groups is 2. The Morgan fingerprint density at radius 2 is 1.79 bits per heavy atom. The van der Waals surface area contributed by atoms with Crippen molar-refractivity contribution < 1.29 is 42.8 Å². The maximum Gasteiger partial charge on any atom is 0.490 e. The molecule has 11 nitrogen and oxygen atoms in total. The van der Waals surface area contributed by atoms with Gasteiger partial charge in [0.15, 0.2) is 11.5 Å². The van der Waals surface area contributed by atoms with Crippen molar-refractivity contribution in [3.63, 3.8) is 0 Å². The fraction of sp³-hybridized carbons (Fsp3) is 0.552. The summed E-state index contributed by atoms with van der Waals surface area (Å²) in [6, 6.07) is 3.82. The van der Waals surface area contributed by atoms with Crippen LogP contribution in [-0.2, 0) is 9.53 Å². The molecule has 234 valence electrons. The molecular formula is C29H36F3N5O6. The van der Waals surface area contributed by atoms with Gasteiger partial charge in [-0.15, -0.1) is 0 Å². The Morgan fingerprint density at radius 3 is 2.26 bits per heavy atom. The highest BCUT2D eigenvalue weighted by molar-refractivity contribution is 6.03. The molecule has 3 atom stereocenters. The van der Waals surface area contributed by atoms with Crippen molar-refractivity contribution in [1.82, 2.24) is 15.0 Å². The average molecular weight is 608 g/mol. The predicted octanol–water partition coefficient (Wildman–Crippen LogP) is 4.55. The molecule has 1 fully saturated rings. The number of aliphatic carboxylic acids is 1. The summed E-state index contributed by atoms with van der Waals surface area (Å²) in [5.74, 6) is -3.30. The van der Waals surface area contributed by atoms with Crippen LogP contribution in [0.1, 0.15) is 93.3 Å². The zero-order chi connectivity index (χ0) is 32.2. The van der Waals surface area contributed by atoms with Gasteiger partial charge in [0.05, 0.1) is 35.8 Å². The molecule has 1 saturated heterocycles. The summed E-state index contributed by atoms with van der Waals surface area (Å²) >= 11 is 0. The molecule has 14 heteroatoms. The minimum absolute atomic E-state index is 0.0402. The number of H-pyrrole nitrogens is 1. The van der Waals surface area contributed by atoms with E-state index in [0.717, 1.165) is 30.4 Å². The molecule has 0 bridgehead atoms. The molecule has 2 aliphatic rings. The zero-order valence-electron chi connectivity index (χ0n) is 24.4. The molecule has 2 aromatic heterocycles.